The number of nitrogens with one attached hydrogen (secondary N) is 1. The highest BCUT2D eigenvalue weighted by Crippen LogP contribution is 2.42. The van der Waals surface area contributed by atoms with E-state index in [2.05, 4.69) is 9.71 Å². The zero-order valence-corrected chi connectivity index (χ0v) is 18.8. The van der Waals surface area contributed by atoms with Gasteiger partial charge in [0, 0.05) is 41.3 Å². The summed E-state index contributed by atoms with van der Waals surface area (Å²) in [5.41, 5.74) is 2.34. The topological polar surface area (TPSA) is 99.1 Å². The molecule has 31 heavy (non-hydrogen) atoms. The number of anilines is 2. The van der Waals surface area contributed by atoms with E-state index in [1.165, 1.54) is 11.8 Å². The van der Waals surface area contributed by atoms with Crippen molar-refractivity contribution in [2.24, 2.45) is 4.40 Å². The van der Waals surface area contributed by atoms with E-state index in [-0.39, 0.29) is 17.6 Å². The van der Waals surface area contributed by atoms with Crippen LogP contribution < -0.4 is 10.2 Å². The first-order chi connectivity index (χ1) is 14.8. The van der Waals surface area contributed by atoms with Crippen molar-refractivity contribution in [2.75, 3.05) is 35.6 Å². The lowest BCUT2D eigenvalue weighted by atomic mass is 10.1. The van der Waals surface area contributed by atoms with E-state index in [9.17, 15) is 18.0 Å². The van der Waals surface area contributed by atoms with E-state index in [0.29, 0.717) is 41.6 Å². The van der Waals surface area contributed by atoms with Gasteiger partial charge in [0.25, 0.3) is 21.8 Å². The third-order valence-corrected chi connectivity index (χ3v) is 7.46. The van der Waals surface area contributed by atoms with E-state index in [1.54, 1.807) is 47.4 Å². The summed E-state index contributed by atoms with van der Waals surface area (Å²) < 4.78 is 27.3. The number of carbonyl (C=O) groups excluding carboxylic acids is 2. The molecule has 2 amide bonds. The van der Waals surface area contributed by atoms with Crippen molar-refractivity contribution in [3.63, 3.8) is 0 Å². The lowest BCUT2D eigenvalue weighted by Crippen LogP contribution is -2.35. The number of benzene rings is 2. The van der Waals surface area contributed by atoms with Crippen LogP contribution in [0.5, 0.6) is 0 Å². The highest BCUT2D eigenvalue weighted by atomic mass is 32.2. The maximum atomic E-state index is 12.8. The van der Waals surface area contributed by atoms with Gasteiger partial charge in [-0.3, -0.25) is 9.59 Å². The molecule has 2 aliphatic rings. The molecule has 2 aromatic rings. The molecule has 0 aromatic heterocycles. The Hall–Kier alpha value is -2.85. The standard InChI is InChI=1S/C21H22N4O4S2/c1-3-24(4-2)20(27)15-6-5-7-16(12-15)22-19(26)14-8-9-17-18(13-14)30-21-23-31(28,29)11-10-25(17)21/h5-9,12-13H,3-4,10-11H2,1-2H3,(H,22,26). The van der Waals surface area contributed by atoms with Gasteiger partial charge in [-0.15, -0.1) is 4.40 Å². The molecular formula is C21H22N4O4S2. The molecule has 8 nitrogen and oxygen atoms in total. The number of amides is 2. The molecular weight excluding hydrogens is 436 g/mol. The maximum absolute atomic E-state index is 12.8. The molecule has 0 radical (unpaired) electrons. The van der Waals surface area contributed by atoms with Crippen molar-refractivity contribution < 1.29 is 18.0 Å². The molecule has 1 N–H and O–H groups in total. The summed E-state index contributed by atoms with van der Waals surface area (Å²) in [7, 11) is -3.43. The summed E-state index contributed by atoms with van der Waals surface area (Å²) in [6.45, 7) is 5.42. The van der Waals surface area contributed by atoms with Crippen molar-refractivity contribution in [1.29, 1.82) is 0 Å². The van der Waals surface area contributed by atoms with Crippen LogP contribution in [0.15, 0.2) is 51.8 Å². The van der Waals surface area contributed by atoms with Gasteiger partial charge in [-0.05, 0) is 62.0 Å². The molecule has 2 aliphatic heterocycles. The number of sulfonamides is 1. The Kier molecular flexibility index (Phi) is 5.76. The Morgan fingerprint density at radius 1 is 1.13 bits per heavy atom. The summed E-state index contributed by atoms with van der Waals surface area (Å²) in [5, 5.41) is 3.25. The highest BCUT2D eigenvalue weighted by molar-refractivity contribution is 8.15. The van der Waals surface area contributed by atoms with Gasteiger partial charge in [0.15, 0.2) is 5.17 Å². The third kappa shape index (κ3) is 4.31. The number of fused-ring (bicyclic) bond motifs is 3. The SMILES string of the molecule is CCN(CC)C(=O)c1cccc(NC(=O)c2ccc3c(c2)SC2=NS(=O)(=O)CCN23)c1. The molecule has 2 heterocycles. The molecule has 0 spiro atoms. The second kappa shape index (κ2) is 8.35. The minimum Gasteiger partial charge on any atom is -0.339 e. The molecule has 0 saturated heterocycles. The summed E-state index contributed by atoms with van der Waals surface area (Å²) in [5.74, 6) is -0.418. The zero-order valence-electron chi connectivity index (χ0n) is 17.2. The fourth-order valence-corrected chi connectivity index (χ4v) is 5.79. The van der Waals surface area contributed by atoms with Crippen LogP contribution in [0.4, 0.5) is 11.4 Å². The summed E-state index contributed by atoms with van der Waals surface area (Å²) >= 11 is 1.24. The second-order valence-corrected chi connectivity index (χ2v) is 9.87. The largest absolute Gasteiger partial charge is 0.339 e. The van der Waals surface area contributed by atoms with E-state index in [1.807, 2.05) is 18.7 Å². The van der Waals surface area contributed by atoms with Gasteiger partial charge in [-0.2, -0.15) is 0 Å². The minimum atomic E-state index is -3.43. The van der Waals surface area contributed by atoms with Crippen LogP contribution in [0.2, 0.25) is 0 Å². The molecule has 2 aromatic carbocycles. The first-order valence-corrected chi connectivity index (χ1v) is 12.4. The smallest absolute Gasteiger partial charge is 0.257 e. The van der Waals surface area contributed by atoms with Crippen molar-refractivity contribution in [3.8, 4) is 0 Å². The van der Waals surface area contributed by atoms with Crippen LogP contribution in [0, 0.1) is 0 Å². The number of rotatable bonds is 5. The molecule has 0 atom stereocenters. The number of amidine groups is 1. The predicted octanol–water partition coefficient (Wildman–Crippen LogP) is 3.03. The van der Waals surface area contributed by atoms with Gasteiger partial charge >= 0.3 is 0 Å². The number of hydrogen-bond donors (Lipinski definition) is 1. The lowest BCUT2D eigenvalue weighted by Gasteiger charge is -2.22. The number of carbonyl (C=O) groups is 2. The summed E-state index contributed by atoms with van der Waals surface area (Å²) in [4.78, 5) is 29.7. The van der Waals surface area contributed by atoms with Gasteiger partial charge in [-0.25, -0.2) is 8.42 Å². The minimum absolute atomic E-state index is 0.0265. The van der Waals surface area contributed by atoms with Gasteiger partial charge in [0.05, 0.1) is 11.4 Å². The molecule has 4 rings (SSSR count). The van der Waals surface area contributed by atoms with Crippen LogP contribution in [0.25, 0.3) is 0 Å². The zero-order chi connectivity index (χ0) is 22.2. The second-order valence-electron chi connectivity index (χ2n) is 7.11. The van der Waals surface area contributed by atoms with Crippen molar-refractivity contribution in [2.45, 2.75) is 18.7 Å². The first kappa shape index (κ1) is 21.4. The average Bonchev–Trinajstić information content (AvgIpc) is 3.10. The molecule has 0 fully saturated rings. The summed E-state index contributed by atoms with van der Waals surface area (Å²) in [6, 6.07) is 12.1. The normalized spacial score (nSPS) is 16.2. The van der Waals surface area contributed by atoms with Crippen molar-refractivity contribution >= 4 is 50.1 Å². The quantitative estimate of drug-likeness (QED) is 0.739. The maximum Gasteiger partial charge on any atom is 0.257 e. The van der Waals surface area contributed by atoms with Crippen LogP contribution in [0.1, 0.15) is 34.6 Å². The molecule has 0 aliphatic carbocycles. The van der Waals surface area contributed by atoms with E-state index < -0.39 is 10.0 Å². The fourth-order valence-electron chi connectivity index (χ4n) is 3.50. The Bertz CT molecular complexity index is 1190. The van der Waals surface area contributed by atoms with Gasteiger partial charge in [0.1, 0.15) is 0 Å². The fraction of sp³-hybridized carbons (Fsp3) is 0.286. The Balaban J connectivity index is 1.53. The molecule has 0 saturated carbocycles. The Labute approximate surface area is 185 Å². The van der Waals surface area contributed by atoms with Crippen LogP contribution in [-0.4, -0.2) is 55.7 Å². The monoisotopic (exact) mass is 458 g/mol. The van der Waals surface area contributed by atoms with Gasteiger partial charge in [0.2, 0.25) is 0 Å². The number of nitrogens with zero attached hydrogens (tertiary/aromatic N) is 3. The highest BCUT2D eigenvalue weighted by Gasteiger charge is 2.33. The lowest BCUT2D eigenvalue weighted by molar-refractivity contribution is 0.0772. The predicted molar refractivity (Wildman–Crippen MR) is 123 cm³/mol. The molecule has 10 heteroatoms. The van der Waals surface area contributed by atoms with Crippen molar-refractivity contribution in [3.05, 3.63) is 53.6 Å². The average molecular weight is 459 g/mol. The summed E-state index contributed by atoms with van der Waals surface area (Å²) in [6.07, 6.45) is 0. The number of thioether (sulfide) groups is 1. The van der Waals surface area contributed by atoms with Crippen molar-refractivity contribution in [1.82, 2.24) is 4.90 Å². The van der Waals surface area contributed by atoms with Gasteiger partial charge < -0.3 is 15.1 Å². The van der Waals surface area contributed by atoms with E-state index in [4.69, 9.17) is 0 Å². The van der Waals surface area contributed by atoms with E-state index >= 15 is 0 Å². The van der Waals surface area contributed by atoms with Crippen LogP contribution in [0.3, 0.4) is 0 Å². The number of hydrogen-bond acceptors (Lipinski definition) is 6. The van der Waals surface area contributed by atoms with Crippen LogP contribution in [-0.2, 0) is 10.0 Å². The van der Waals surface area contributed by atoms with E-state index in [0.717, 1.165) is 10.6 Å². The Morgan fingerprint density at radius 3 is 2.65 bits per heavy atom. The Morgan fingerprint density at radius 2 is 1.90 bits per heavy atom. The first-order valence-electron chi connectivity index (χ1n) is 9.94. The molecule has 0 bridgehead atoms. The molecule has 162 valence electrons. The van der Waals surface area contributed by atoms with Crippen LogP contribution >= 0.6 is 11.8 Å². The van der Waals surface area contributed by atoms with Gasteiger partial charge in [-0.1, -0.05) is 6.07 Å². The third-order valence-electron chi connectivity index (χ3n) is 5.15. The molecule has 0 unspecified atom stereocenters.